The van der Waals surface area contributed by atoms with Gasteiger partial charge in [0.2, 0.25) is 5.91 Å². The van der Waals surface area contributed by atoms with Crippen LogP contribution in [0, 0.1) is 17.3 Å². The summed E-state index contributed by atoms with van der Waals surface area (Å²) in [6.45, 7) is 5.94. The van der Waals surface area contributed by atoms with Gasteiger partial charge in [-0.1, -0.05) is 25.4 Å². The van der Waals surface area contributed by atoms with Gasteiger partial charge in [0.1, 0.15) is 5.41 Å². The predicted molar refractivity (Wildman–Crippen MR) is 78.5 cm³/mol. The molecule has 2 fully saturated rings. The summed E-state index contributed by atoms with van der Waals surface area (Å²) in [5.41, 5.74) is 5.09. The number of amides is 1. The third-order valence-electron chi connectivity index (χ3n) is 5.11. The van der Waals surface area contributed by atoms with Crippen molar-refractivity contribution in [2.45, 2.75) is 52.4 Å². The van der Waals surface area contributed by atoms with E-state index in [1.54, 1.807) is 0 Å². The van der Waals surface area contributed by atoms with Crippen LogP contribution >= 0.6 is 0 Å². The van der Waals surface area contributed by atoms with E-state index in [1.807, 2.05) is 4.90 Å². The number of amidine groups is 1. The Labute approximate surface area is 121 Å². The van der Waals surface area contributed by atoms with Gasteiger partial charge in [-0.2, -0.15) is 0 Å². The molecule has 2 rings (SSSR count). The van der Waals surface area contributed by atoms with E-state index in [-0.39, 0.29) is 11.7 Å². The van der Waals surface area contributed by atoms with E-state index in [0.29, 0.717) is 18.8 Å². The second-order valence-corrected chi connectivity index (χ2v) is 6.58. The first kappa shape index (κ1) is 15.1. The van der Waals surface area contributed by atoms with Gasteiger partial charge in [-0.3, -0.25) is 4.79 Å². The van der Waals surface area contributed by atoms with Crippen LogP contribution < -0.4 is 5.73 Å². The fourth-order valence-electron chi connectivity index (χ4n) is 3.80. The first-order chi connectivity index (χ1) is 9.53. The summed E-state index contributed by atoms with van der Waals surface area (Å²) in [4.78, 5) is 14.8. The molecule has 1 aliphatic carbocycles. The molecule has 0 bridgehead atoms. The Balaban J connectivity index is 2.09. The van der Waals surface area contributed by atoms with E-state index in [0.717, 1.165) is 31.8 Å². The molecule has 5 heteroatoms. The van der Waals surface area contributed by atoms with Crippen molar-refractivity contribution < 1.29 is 10.0 Å². The molecule has 1 saturated heterocycles. The summed E-state index contributed by atoms with van der Waals surface area (Å²) >= 11 is 0. The molecule has 1 amide bonds. The molecular weight excluding hydrogens is 254 g/mol. The van der Waals surface area contributed by atoms with Crippen molar-refractivity contribution in [1.82, 2.24) is 4.90 Å². The molecule has 1 unspecified atom stereocenters. The second-order valence-electron chi connectivity index (χ2n) is 6.58. The summed E-state index contributed by atoms with van der Waals surface area (Å²) < 4.78 is 0. The Bertz CT molecular complexity index is 389. The molecule has 0 aromatic heterocycles. The number of rotatable bonds is 3. The summed E-state index contributed by atoms with van der Waals surface area (Å²) in [5.74, 6) is 1.36. The molecule has 5 nitrogen and oxygen atoms in total. The van der Waals surface area contributed by atoms with E-state index in [4.69, 9.17) is 10.9 Å². The quantitative estimate of drug-likeness (QED) is 0.360. The molecule has 1 saturated carbocycles. The van der Waals surface area contributed by atoms with Gasteiger partial charge >= 0.3 is 0 Å². The van der Waals surface area contributed by atoms with Crippen molar-refractivity contribution in [3.05, 3.63) is 0 Å². The van der Waals surface area contributed by atoms with Crippen molar-refractivity contribution in [1.29, 1.82) is 0 Å². The number of nitrogens with zero attached hydrogens (tertiary/aromatic N) is 2. The SMILES string of the molecule is CCC1CCCN(C(=O)C2(C(N)=NO)CC(C)C2)CC1. The lowest BCUT2D eigenvalue weighted by molar-refractivity contribution is -0.144. The van der Waals surface area contributed by atoms with Crippen LogP contribution in [0.3, 0.4) is 0 Å². The van der Waals surface area contributed by atoms with Gasteiger partial charge in [-0.05, 0) is 43.9 Å². The monoisotopic (exact) mass is 281 g/mol. The Morgan fingerprint density at radius 2 is 2.10 bits per heavy atom. The van der Waals surface area contributed by atoms with E-state index in [2.05, 4.69) is 19.0 Å². The fraction of sp³-hybridized carbons (Fsp3) is 0.867. The maximum absolute atomic E-state index is 12.8. The zero-order valence-electron chi connectivity index (χ0n) is 12.6. The Morgan fingerprint density at radius 1 is 1.40 bits per heavy atom. The van der Waals surface area contributed by atoms with Gasteiger partial charge in [0.05, 0.1) is 0 Å². The normalized spacial score (nSPS) is 35.3. The smallest absolute Gasteiger partial charge is 0.236 e. The number of carbonyl (C=O) groups is 1. The molecule has 0 aromatic rings. The minimum Gasteiger partial charge on any atom is -0.409 e. The third-order valence-corrected chi connectivity index (χ3v) is 5.11. The lowest BCUT2D eigenvalue weighted by Crippen LogP contribution is -2.57. The maximum atomic E-state index is 12.8. The van der Waals surface area contributed by atoms with Crippen LogP contribution in [0.15, 0.2) is 5.16 Å². The van der Waals surface area contributed by atoms with Gasteiger partial charge in [-0.25, -0.2) is 0 Å². The Kier molecular flexibility index (Phi) is 4.55. The lowest BCUT2D eigenvalue weighted by atomic mass is 9.61. The van der Waals surface area contributed by atoms with Crippen molar-refractivity contribution in [3.8, 4) is 0 Å². The van der Waals surface area contributed by atoms with Crippen LogP contribution in [0.1, 0.15) is 52.4 Å². The minimum atomic E-state index is -0.736. The van der Waals surface area contributed by atoms with Crippen molar-refractivity contribution in [2.24, 2.45) is 28.1 Å². The molecular formula is C15H27N3O2. The van der Waals surface area contributed by atoms with Crippen LogP contribution in [0.25, 0.3) is 0 Å². The molecule has 3 N–H and O–H groups in total. The number of hydrogen-bond donors (Lipinski definition) is 2. The zero-order valence-corrected chi connectivity index (χ0v) is 12.6. The van der Waals surface area contributed by atoms with Crippen LogP contribution in [-0.2, 0) is 4.79 Å². The van der Waals surface area contributed by atoms with E-state index in [9.17, 15) is 4.79 Å². The third kappa shape index (κ3) is 2.63. The Hall–Kier alpha value is -1.26. The average molecular weight is 281 g/mol. The minimum absolute atomic E-state index is 0.0719. The number of carbonyl (C=O) groups excluding carboxylic acids is 1. The number of oxime groups is 1. The van der Waals surface area contributed by atoms with Crippen molar-refractivity contribution in [2.75, 3.05) is 13.1 Å². The molecule has 1 heterocycles. The highest BCUT2D eigenvalue weighted by Crippen LogP contribution is 2.47. The van der Waals surface area contributed by atoms with Gasteiger partial charge in [0.15, 0.2) is 5.84 Å². The van der Waals surface area contributed by atoms with Gasteiger partial charge in [-0.15, -0.1) is 0 Å². The maximum Gasteiger partial charge on any atom is 0.236 e. The summed E-state index contributed by atoms with van der Waals surface area (Å²) in [7, 11) is 0. The highest BCUT2D eigenvalue weighted by molar-refractivity contribution is 6.07. The fourth-order valence-corrected chi connectivity index (χ4v) is 3.80. The average Bonchev–Trinajstić information content (AvgIpc) is 2.67. The van der Waals surface area contributed by atoms with E-state index < -0.39 is 5.41 Å². The molecule has 114 valence electrons. The lowest BCUT2D eigenvalue weighted by Gasteiger charge is -2.46. The predicted octanol–water partition coefficient (Wildman–Crippen LogP) is 2.19. The first-order valence-electron chi connectivity index (χ1n) is 7.81. The number of likely N-dealkylation sites (tertiary alicyclic amines) is 1. The van der Waals surface area contributed by atoms with Crippen LogP contribution in [0.4, 0.5) is 0 Å². The standard InChI is InChI=1S/C15H27N3O2/c1-3-12-5-4-7-18(8-6-12)14(19)15(13(16)17-20)9-11(2)10-15/h11-12,20H,3-10H2,1-2H3,(H2,16,17). The molecule has 1 aliphatic heterocycles. The second kappa shape index (κ2) is 6.02. The highest BCUT2D eigenvalue weighted by atomic mass is 16.4. The molecule has 2 aliphatic rings. The Morgan fingerprint density at radius 3 is 2.65 bits per heavy atom. The van der Waals surface area contributed by atoms with E-state index in [1.165, 1.54) is 12.8 Å². The summed E-state index contributed by atoms with van der Waals surface area (Å²) in [6, 6.07) is 0. The zero-order chi connectivity index (χ0) is 14.8. The van der Waals surface area contributed by atoms with Gasteiger partial charge in [0.25, 0.3) is 0 Å². The number of nitrogens with two attached hydrogens (primary N) is 1. The van der Waals surface area contributed by atoms with Crippen molar-refractivity contribution >= 4 is 11.7 Å². The largest absolute Gasteiger partial charge is 0.409 e. The van der Waals surface area contributed by atoms with Gasteiger partial charge in [0, 0.05) is 13.1 Å². The van der Waals surface area contributed by atoms with E-state index >= 15 is 0 Å². The highest BCUT2D eigenvalue weighted by Gasteiger charge is 2.53. The molecule has 20 heavy (non-hydrogen) atoms. The number of hydrogen-bond acceptors (Lipinski definition) is 3. The molecule has 0 aromatic carbocycles. The summed E-state index contributed by atoms with van der Waals surface area (Å²) in [5, 5.41) is 12.1. The van der Waals surface area contributed by atoms with Crippen LogP contribution in [0.2, 0.25) is 0 Å². The molecule has 0 spiro atoms. The topological polar surface area (TPSA) is 78.9 Å². The summed E-state index contributed by atoms with van der Waals surface area (Å²) in [6.07, 6.45) is 5.93. The molecule has 1 atom stereocenters. The van der Waals surface area contributed by atoms with Gasteiger partial charge < -0.3 is 15.8 Å². The molecule has 0 radical (unpaired) electrons. The van der Waals surface area contributed by atoms with Crippen molar-refractivity contribution in [3.63, 3.8) is 0 Å². The van der Waals surface area contributed by atoms with Crippen LogP contribution in [-0.4, -0.2) is 34.9 Å². The first-order valence-corrected chi connectivity index (χ1v) is 7.81. The van der Waals surface area contributed by atoms with Crippen LogP contribution in [0.5, 0.6) is 0 Å².